The minimum atomic E-state index is -1.06. The first-order chi connectivity index (χ1) is 3.50. The number of hydrogen-bond donors (Lipinski definition) is 0. The monoisotopic (exact) mass is 131 g/mol. The van der Waals surface area contributed by atoms with E-state index in [2.05, 4.69) is 27.7 Å². The van der Waals surface area contributed by atoms with Gasteiger partial charge in [0.15, 0.2) is 0 Å². The van der Waals surface area contributed by atoms with Gasteiger partial charge in [-0.1, -0.05) is 27.7 Å². The minimum Gasteiger partial charge on any atom is -0.306 e. The Bertz CT molecular complexity index is 68.9. The van der Waals surface area contributed by atoms with E-state index in [0.29, 0.717) is 5.92 Å². The molecule has 8 heavy (non-hydrogen) atoms. The van der Waals surface area contributed by atoms with Crippen LogP contribution in [0.3, 0.4) is 0 Å². The average Bonchev–Trinajstić information content (AvgIpc) is 1.67. The molecule has 0 heterocycles. The standard InChI is InChI=1S/C6H15OSi/c1-5(2)6(3,4)8-7/h5H,8H2,1-4H3. The molecule has 0 saturated carbocycles. The van der Waals surface area contributed by atoms with Gasteiger partial charge in [-0.15, -0.1) is 0 Å². The van der Waals surface area contributed by atoms with Crippen molar-refractivity contribution in [1.82, 2.24) is 0 Å². The van der Waals surface area contributed by atoms with Crippen molar-refractivity contribution in [1.29, 1.82) is 0 Å². The molecule has 2 heteroatoms. The second-order valence-corrected chi connectivity index (χ2v) is 5.40. The van der Waals surface area contributed by atoms with Gasteiger partial charge in [-0.05, 0) is 11.0 Å². The maximum atomic E-state index is 10.5. The predicted octanol–water partition coefficient (Wildman–Crippen LogP) is 1.36. The highest BCUT2D eigenvalue weighted by molar-refractivity contribution is 6.29. The van der Waals surface area contributed by atoms with Crippen LogP contribution in [0.2, 0.25) is 5.04 Å². The highest BCUT2D eigenvalue weighted by Gasteiger charge is 2.22. The SMILES string of the molecule is CC(C)C(C)(C)[SiH2][O]. The summed E-state index contributed by atoms with van der Waals surface area (Å²) in [6.07, 6.45) is 0. The Labute approximate surface area is 54.1 Å². The molecule has 0 aromatic rings. The molecular weight excluding hydrogens is 116 g/mol. The van der Waals surface area contributed by atoms with Crippen molar-refractivity contribution in [3.63, 3.8) is 0 Å². The van der Waals surface area contributed by atoms with Crippen molar-refractivity contribution >= 4 is 9.76 Å². The van der Waals surface area contributed by atoms with Crippen molar-refractivity contribution in [2.45, 2.75) is 32.7 Å². The summed E-state index contributed by atoms with van der Waals surface area (Å²) in [5.41, 5.74) is 0. The van der Waals surface area contributed by atoms with E-state index >= 15 is 0 Å². The van der Waals surface area contributed by atoms with E-state index in [1.807, 2.05) is 0 Å². The van der Waals surface area contributed by atoms with Gasteiger partial charge in [-0.25, -0.2) is 0 Å². The molecule has 0 aliphatic rings. The molecule has 0 N–H and O–H groups in total. The summed E-state index contributed by atoms with van der Waals surface area (Å²) >= 11 is 0. The normalized spacial score (nSPS) is 14.2. The van der Waals surface area contributed by atoms with E-state index < -0.39 is 9.76 Å². The quantitative estimate of drug-likeness (QED) is 0.504. The zero-order valence-corrected chi connectivity index (χ0v) is 7.61. The third-order valence-electron chi connectivity index (χ3n) is 1.93. The molecule has 0 aromatic carbocycles. The smallest absolute Gasteiger partial charge is 0.212 e. The van der Waals surface area contributed by atoms with Gasteiger partial charge >= 0.3 is 0 Å². The highest BCUT2D eigenvalue weighted by atomic mass is 28.2. The van der Waals surface area contributed by atoms with E-state index in [4.69, 9.17) is 0 Å². The van der Waals surface area contributed by atoms with E-state index in [0.717, 1.165) is 0 Å². The summed E-state index contributed by atoms with van der Waals surface area (Å²) in [7, 11) is -1.06. The van der Waals surface area contributed by atoms with E-state index in [1.54, 1.807) is 0 Å². The topological polar surface area (TPSA) is 19.9 Å². The van der Waals surface area contributed by atoms with Crippen LogP contribution in [0.25, 0.3) is 0 Å². The van der Waals surface area contributed by atoms with Crippen LogP contribution in [0.4, 0.5) is 0 Å². The van der Waals surface area contributed by atoms with E-state index in [9.17, 15) is 4.80 Å². The van der Waals surface area contributed by atoms with Crippen molar-refractivity contribution in [3.8, 4) is 0 Å². The lowest BCUT2D eigenvalue weighted by atomic mass is 9.99. The van der Waals surface area contributed by atoms with Gasteiger partial charge in [0.25, 0.3) is 0 Å². The van der Waals surface area contributed by atoms with Gasteiger partial charge in [-0.2, -0.15) is 0 Å². The lowest BCUT2D eigenvalue weighted by Gasteiger charge is -2.24. The summed E-state index contributed by atoms with van der Waals surface area (Å²) in [5.74, 6) is 0.562. The van der Waals surface area contributed by atoms with Gasteiger partial charge in [0.2, 0.25) is 9.76 Å². The summed E-state index contributed by atoms with van der Waals surface area (Å²) < 4.78 is 0. The van der Waals surface area contributed by atoms with Crippen LogP contribution >= 0.6 is 0 Å². The Balaban J connectivity index is 3.71. The van der Waals surface area contributed by atoms with Crippen molar-refractivity contribution < 1.29 is 4.80 Å². The fraction of sp³-hybridized carbons (Fsp3) is 1.00. The third kappa shape index (κ3) is 1.97. The summed E-state index contributed by atoms with van der Waals surface area (Å²) in [4.78, 5) is 10.5. The predicted molar refractivity (Wildman–Crippen MR) is 38.1 cm³/mol. The van der Waals surface area contributed by atoms with Crippen LogP contribution in [-0.4, -0.2) is 9.76 Å². The Morgan fingerprint density at radius 3 is 1.75 bits per heavy atom. The minimum absolute atomic E-state index is 0.125. The first-order valence-electron chi connectivity index (χ1n) is 3.09. The van der Waals surface area contributed by atoms with Gasteiger partial charge in [-0.3, -0.25) is 0 Å². The number of rotatable bonds is 2. The molecule has 0 spiro atoms. The van der Waals surface area contributed by atoms with Crippen LogP contribution in [-0.2, 0) is 4.80 Å². The van der Waals surface area contributed by atoms with Crippen LogP contribution < -0.4 is 0 Å². The maximum absolute atomic E-state index is 10.5. The summed E-state index contributed by atoms with van der Waals surface area (Å²) in [5, 5.41) is 0.125. The van der Waals surface area contributed by atoms with Gasteiger partial charge in [0.05, 0.1) is 0 Å². The Kier molecular flexibility index (Phi) is 2.70. The second-order valence-electron chi connectivity index (χ2n) is 3.29. The highest BCUT2D eigenvalue weighted by Crippen LogP contribution is 2.31. The first kappa shape index (κ1) is 8.18. The molecule has 0 saturated heterocycles. The molecule has 0 aromatic heterocycles. The van der Waals surface area contributed by atoms with Gasteiger partial charge < -0.3 is 4.80 Å². The third-order valence-corrected chi connectivity index (χ3v) is 3.50. The molecule has 0 aliphatic carbocycles. The van der Waals surface area contributed by atoms with Crippen LogP contribution in [0.15, 0.2) is 0 Å². The lowest BCUT2D eigenvalue weighted by molar-refractivity contribution is 0.380. The zero-order chi connectivity index (χ0) is 6.78. The Morgan fingerprint density at radius 2 is 1.75 bits per heavy atom. The molecule has 0 bridgehead atoms. The largest absolute Gasteiger partial charge is 0.306 e. The first-order valence-corrected chi connectivity index (χ1v) is 4.37. The molecule has 1 radical (unpaired) electrons. The van der Waals surface area contributed by atoms with Crippen molar-refractivity contribution in [2.24, 2.45) is 5.92 Å². The molecule has 1 nitrogen and oxygen atoms in total. The summed E-state index contributed by atoms with van der Waals surface area (Å²) in [6, 6.07) is 0. The van der Waals surface area contributed by atoms with Crippen LogP contribution in [0, 0.1) is 5.92 Å². The fourth-order valence-electron chi connectivity index (χ4n) is 0.167. The van der Waals surface area contributed by atoms with Gasteiger partial charge in [0, 0.05) is 0 Å². The van der Waals surface area contributed by atoms with Crippen molar-refractivity contribution in [2.75, 3.05) is 0 Å². The Hall–Kier alpha value is 0.177. The number of hydrogen-bond acceptors (Lipinski definition) is 0. The van der Waals surface area contributed by atoms with Gasteiger partial charge in [0.1, 0.15) is 0 Å². The molecule has 0 atom stereocenters. The molecular formula is C6H15OSi. The molecule has 0 amide bonds. The van der Waals surface area contributed by atoms with Crippen LogP contribution in [0.5, 0.6) is 0 Å². The summed E-state index contributed by atoms with van der Waals surface area (Å²) in [6.45, 7) is 8.36. The molecule has 49 valence electrons. The fourth-order valence-corrected chi connectivity index (χ4v) is 0.500. The van der Waals surface area contributed by atoms with E-state index in [1.165, 1.54) is 0 Å². The molecule has 0 rings (SSSR count). The molecule has 0 fully saturated rings. The zero-order valence-electron chi connectivity index (χ0n) is 6.19. The molecule has 0 aliphatic heterocycles. The Morgan fingerprint density at radius 1 is 1.38 bits per heavy atom. The maximum Gasteiger partial charge on any atom is 0.212 e. The molecule has 0 unspecified atom stereocenters. The lowest BCUT2D eigenvalue weighted by Crippen LogP contribution is -2.17. The van der Waals surface area contributed by atoms with Crippen LogP contribution in [0.1, 0.15) is 27.7 Å². The van der Waals surface area contributed by atoms with E-state index in [-0.39, 0.29) is 5.04 Å². The van der Waals surface area contributed by atoms with Crippen molar-refractivity contribution in [3.05, 3.63) is 0 Å². The second kappa shape index (κ2) is 2.64. The average molecular weight is 131 g/mol.